The van der Waals surface area contributed by atoms with Gasteiger partial charge in [-0.2, -0.15) is 10.1 Å². The number of carbonyl (C=O) groups is 2. The fraction of sp³-hybridized carbons (Fsp3) is 0.280. The van der Waals surface area contributed by atoms with Crippen molar-refractivity contribution in [2.24, 2.45) is 10.1 Å². The van der Waals surface area contributed by atoms with Gasteiger partial charge in [0.2, 0.25) is 0 Å². The zero-order valence-corrected chi connectivity index (χ0v) is 20.4. The molecule has 200 valence electrons. The van der Waals surface area contributed by atoms with Gasteiger partial charge in [0.25, 0.3) is 0 Å². The molecule has 0 spiro atoms. The predicted molar refractivity (Wildman–Crippen MR) is 131 cm³/mol. The number of carbonyl (C=O) groups excluding carboxylic acids is 2. The summed E-state index contributed by atoms with van der Waals surface area (Å²) in [4.78, 5) is 31.3. The van der Waals surface area contributed by atoms with E-state index in [1.807, 2.05) is 0 Å². The summed E-state index contributed by atoms with van der Waals surface area (Å²) in [6.45, 7) is 1.95. The first kappa shape index (κ1) is 26.5. The number of halogens is 3. The Kier molecular flexibility index (Phi) is 7.84. The van der Waals surface area contributed by atoms with Gasteiger partial charge in [-0.15, -0.1) is 13.2 Å². The molecule has 0 bridgehead atoms. The van der Waals surface area contributed by atoms with E-state index in [9.17, 15) is 22.8 Å². The van der Waals surface area contributed by atoms with Gasteiger partial charge in [0.05, 0.1) is 13.7 Å². The standard InChI is InChI=1S/C25H24F3N5O5/c1-3-18-21(17-9-10-19(36-2)20(15-17)38-25(26,27)28)31-33(24(35)37-18)22(16-7-5-4-6-8-16)30-23(34)32-13-11-29-12-14-32/h4-13,15,18,22H,3,14H2,1-2H3,(H,30,34). The Morgan fingerprint density at radius 2 is 1.97 bits per heavy atom. The summed E-state index contributed by atoms with van der Waals surface area (Å²) in [6.07, 6.45) is -3.00. The summed E-state index contributed by atoms with van der Waals surface area (Å²) in [5.41, 5.74) is 0.894. The van der Waals surface area contributed by atoms with Crippen LogP contribution in [0.4, 0.5) is 22.8 Å². The summed E-state index contributed by atoms with van der Waals surface area (Å²) >= 11 is 0. The number of hydrogen-bond acceptors (Lipinski definition) is 7. The monoisotopic (exact) mass is 531 g/mol. The van der Waals surface area contributed by atoms with Crippen molar-refractivity contribution in [2.75, 3.05) is 13.7 Å². The van der Waals surface area contributed by atoms with Crippen molar-refractivity contribution in [1.29, 1.82) is 0 Å². The minimum atomic E-state index is -4.96. The topological polar surface area (TPSA) is 105 Å². The molecule has 0 radical (unpaired) electrons. The maximum atomic E-state index is 13.1. The fourth-order valence-corrected chi connectivity index (χ4v) is 3.82. The van der Waals surface area contributed by atoms with Gasteiger partial charge in [-0.25, -0.2) is 9.59 Å². The molecule has 2 atom stereocenters. The van der Waals surface area contributed by atoms with E-state index in [2.05, 4.69) is 20.1 Å². The van der Waals surface area contributed by atoms with Gasteiger partial charge in [-0.3, -0.25) is 9.89 Å². The average Bonchev–Trinajstić information content (AvgIpc) is 2.91. The van der Waals surface area contributed by atoms with E-state index in [1.165, 1.54) is 36.5 Å². The Morgan fingerprint density at radius 3 is 2.61 bits per heavy atom. The van der Waals surface area contributed by atoms with Crippen LogP contribution in [0.1, 0.15) is 30.6 Å². The summed E-state index contributed by atoms with van der Waals surface area (Å²) < 4.78 is 53.8. The van der Waals surface area contributed by atoms with Crippen LogP contribution in [0.3, 0.4) is 0 Å². The second-order valence-corrected chi connectivity index (χ2v) is 8.07. The second-order valence-electron chi connectivity index (χ2n) is 8.07. The largest absolute Gasteiger partial charge is 0.573 e. The fourth-order valence-electron chi connectivity index (χ4n) is 3.82. The number of aliphatic imine (C=N–C) groups is 1. The second kappa shape index (κ2) is 11.2. The van der Waals surface area contributed by atoms with Gasteiger partial charge in [-0.05, 0) is 30.2 Å². The van der Waals surface area contributed by atoms with E-state index in [1.54, 1.807) is 43.5 Å². The molecule has 2 aromatic rings. The van der Waals surface area contributed by atoms with Crippen LogP contribution in [0.5, 0.6) is 11.5 Å². The van der Waals surface area contributed by atoms with Gasteiger partial charge >= 0.3 is 18.5 Å². The summed E-state index contributed by atoms with van der Waals surface area (Å²) in [6, 6.07) is 11.9. The van der Waals surface area contributed by atoms with E-state index in [0.29, 0.717) is 12.0 Å². The number of benzene rings is 2. The van der Waals surface area contributed by atoms with Gasteiger partial charge in [-0.1, -0.05) is 37.3 Å². The molecule has 2 unspecified atom stereocenters. The van der Waals surface area contributed by atoms with Crippen LogP contribution in [0.2, 0.25) is 0 Å². The van der Waals surface area contributed by atoms with Gasteiger partial charge in [0, 0.05) is 24.2 Å². The van der Waals surface area contributed by atoms with E-state index in [0.717, 1.165) is 11.1 Å². The average molecular weight is 531 g/mol. The lowest BCUT2D eigenvalue weighted by Crippen LogP contribution is -2.50. The van der Waals surface area contributed by atoms with Crippen molar-refractivity contribution in [3.8, 4) is 11.5 Å². The molecule has 0 fully saturated rings. The maximum Gasteiger partial charge on any atom is 0.573 e. The third-order valence-corrected chi connectivity index (χ3v) is 5.60. The molecule has 0 saturated carbocycles. The number of amides is 3. The summed E-state index contributed by atoms with van der Waals surface area (Å²) in [7, 11) is 1.21. The lowest BCUT2D eigenvalue weighted by Gasteiger charge is -2.35. The number of rotatable bonds is 7. The highest BCUT2D eigenvalue weighted by Crippen LogP contribution is 2.35. The Labute approximate surface area is 216 Å². The van der Waals surface area contributed by atoms with Crippen molar-refractivity contribution < 1.29 is 37.0 Å². The number of hydrogen-bond donors (Lipinski definition) is 1. The van der Waals surface area contributed by atoms with E-state index >= 15 is 0 Å². The molecule has 13 heteroatoms. The number of nitrogens with one attached hydrogen (secondary N) is 1. The Hall–Kier alpha value is -4.55. The van der Waals surface area contributed by atoms with E-state index < -0.39 is 36.5 Å². The molecule has 0 aliphatic carbocycles. The quantitative estimate of drug-likeness (QED) is 0.553. The Morgan fingerprint density at radius 1 is 1.21 bits per heavy atom. The molecule has 1 N–H and O–H groups in total. The van der Waals surface area contributed by atoms with Gasteiger partial charge in [0.15, 0.2) is 17.7 Å². The maximum absolute atomic E-state index is 13.1. The van der Waals surface area contributed by atoms with Crippen molar-refractivity contribution in [3.63, 3.8) is 0 Å². The van der Waals surface area contributed by atoms with Crippen LogP contribution in [-0.2, 0) is 4.74 Å². The number of hydrazone groups is 1. The molecule has 0 aromatic heterocycles. The molecule has 10 nitrogen and oxygen atoms in total. The highest BCUT2D eigenvalue weighted by molar-refractivity contribution is 6.06. The first-order valence-electron chi connectivity index (χ1n) is 11.5. The van der Waals surface area contributed by atoms with Crippen LogP contribution in [-0.4, -0.2) is 60.1 Å². The van der Waals surface area contributed by atoms with Crippen molar-refractivity contribution in [3.05, 3.63) is 72.1 Å². The lowest BCUT2D eigenvalue weighted by molar-refractivity contribution is -0.275. The SMILES string of the molecule is CCC1OC(=O)N(C(NC(=O)N2C=CN=CC2)c2ccccc2)N=C1c1ccc(OC)c(OC(F)(F)F)c1. The minimum Gasteiger partial charge on any atom is -0.493 e. The molecular formula is C25H24F3N5O5. The Bertz CT molecular complexity index is 1270. The number of ether oxygens (including phenoxy) is 3. The summed E-state index contributed by atoms with van der Waals surface area (Å²) in [5, 5.41) is 8.19. The van der Waals surface area contributed by atoms with E-state index in [-0.39, 0.29) is 23.6 Å². The normalized spacial score (nSPS) is 18.0. The van der Waals surface area contributed by atoms with Crippen molar-refractivity contribution in [2.45, 2.75) is 32.0 Å². The van der Waals surface area contributed by atoms with Crippen LogP contribution in [0.25, 0.3) is 0 Å². The molecule has 38 heavy (non-hydrogen) atoms. The van der Waals surface area contributed by atoms with Gasteiger partial charge in [0.1, 0.15) is 11.8 Å². The van der Waals surface area contributed by atoms with E-state index in [4.69, 9.17) is 9.47 Å². The number of urea groups is 1. The van der Waals surface area contributed by atoms with Gasteiger partial charge < -0.3 is 19.5 Å². The predicted octanol–water partition coefficient (Wildman–Crippen LogP) is 4.79. The Balaban J connectivity index is 1.75. The number of nitrogens with zero attached hydrogens (tertiary/aromatic N) is 4. The first-order valence-corrected chi connectivity index (χ1v) is 11.5. The number of cyclic esters (lactones) is 1. The lowest BCUT2D eigenvalue weighted by atomic mass is 10.0. The molecule has 2 heterocycles. The molecular weight excluding hydrogens is 507 g/mol. The summed E-state index contributed by atoms with van der Waals surface area (Å²) in [5.74, 6) is -0.720. The molecule has 3 amide bonds. The minimum absolute atomic E-state index is 0.142. The highest BCUT2D eigenvalue weighted by atomic mass is 19.4. The first-order chi connectivity index (χ1) is 18.2. The van der Waals surface area contributed by atoms with Crippen LogP contribution in [0, 0.1) is 0 Å². The van der Waals surface area contributed by atoms with Crippen LogP contribution >= 0.6 is 0 Å². The van der Waals surface area contributed by atoms with Crippen LogP contribution < -0.4 is 14.8 Å². The smallest absolute Gasteiger partial charge is 0.493 e. The molecule has 2 aliphatic rings. The van der Waals surface area contributed by atoms with Crippen molar-refractivity contribution >= 4 is 24.1 Å². The zero-order valence-electron chi connectivity index (χ0n) is 20.4. The highest BCUT2D eigenvalue weighted by Gasteiger charge is 2.38. The molecule has 4 rings (SSSR count). The third-order valence-electron chi connectivity index (χ3n) is 5.60. The number of methoxy groups -OCH3 is 1. The molecule has 0 saturated heterocycles. The number of alkyl halides is 3. The van der Waals surface area contributed by atoms with Crippen molar-refractivity contribution in [1.82, 2.24) is 15.2 Å². The third kappa shape index (κ3) is 6.05. The molecule has 2 aliphatic heterocycles. The van der Waals surface area contributed by atoms with Crippen LogP contribution in [0.15, 0.2) is 71.0 Å². The molecule has 2 aromatic carbocycles. The zero-order chi connectivity index (χ0) is 27.3.